The van der Waals surface area contributed by atoms with Crippen molar-refractivity contribution in [3.63, 3.8) is 0 Å². The Morgan fingerprint density at radius 2 is 2.36 bits per heavy atom. The Hall–Kier alpha value is -1.03. The molecule has 0 bridgehead atoms. The van der Waals surface area contributed by atoms with E-state index >= 15 is 0 Å². The molecular formula is C10H12F2N2. The summed E-state index contributed by atoms with van der Waals surface area (Å²) in [6.45, 7) is -0.160. The lowest BCUT2D eigenvalue weighted by Gasteiger charge is -2.17. The number of rotatable bonds is 1. The first-order valence-corrected chi connectivity index (χ1v) is 4.56. The van der Waals surface area contributed by atoms with Crippen LogP contribution in [0.2, 0.25) is 0 Å². The Bertz CT molecular complexity index is 313. The summed E-state index contributed by atoms with van der Waals surface area (Å²) in [4.78, 5) is 5.62. The summed E-state index contributed by atoms with van der Waals surface area (Å²) in [6, 6.07) is 3.42. The van der Waals surface area contributed by atoms with Gasteiger partial charge in [0.05, 0.1) is 6.54 Å². The molecule has 0 radical (unpaired) electrons. The number of halogens is 2. The van der Waals surface area contributed by atoms with Crippen LogP contribution in [0.4, 0.5) is 8.78 Å². The Morgan fingerprint density at radius 3 is 2.86 bits per heavy atom. The van der Waals surface area contributed by atoms with E-state index in [4.69, 9.17) is 0 Å². The van der Waals surface area contributed by atoms with Crippen LogP contribution in [-0.4, -0.2) is 29.4 Å². The average molecular weight is 198 g/mol. The quantitative estimate of drug-likeness (QED) is 0.687. The fourth-order valence-electron chi connectivity index (χ4n) is 1.92. The highest BCUT2D eigenvalue weighted by atomic mass is 19.3. The normalized spacial score (nSPS) is 26.6. The zero-order chi connectivity index (χ0) is 10.2. The van der Waals surface area contributed by atoms with E-state index in [1.165, 1.54) is 0 Å². The molecule has 76 valence electrons. The summed E-state index contributed by atoms with van der Waals surface area (Å²) < 4.78 is 26.1. The maximum absolute atomic E-state index is 13.1. The molecule has 4 heteroatoms. The van der Waals surface area contributed by atoms with Gasteiger partial charge in [-0.3, -0.25) is 9.88 Å². The predicted molar refractivity (Wildman–Crippen MR) is 49.2 cm³/mol. The highest BCUT2D eigenvalue weighted by Gasteiger charge is 2.43. The number of nitrogens with zero attached hydrogens (tertiary/aromatic N) is 2. The molecule has 0 aliphatic carbocycles. The van der Waals surface area contributed by atoms with Gasteiger partial charge in [0.2, 0.25) is 0 Å². The van der Waals surface area contributed by atoms with Crippen LogP contribution in [0.5, 0.6) is 0 Å². The van der Waals surface area contributed by atoms with Crippen LogP contribution in [0, 0.1) is 0 Å². The fourth-order valence-corrected chi connectivity index (χ4v) is 1.92. The van der Waals surface area contributed by atoms with Crippen molar-refractivity contribution in [2.75, 3.05) is 13.6 Å². The molecule has 0 amide bonds. The zero-order valence-electron chi connectivity index (χ0n) is 7.95. The molecule has 1 aliphatic heterocycles. The molecule has 0 saturated carbocycles. The lowest BCUT2D eigenvalue weighted by molar-refractivity contribution is 0.0140. The van der Waals surface area contributed by atoms with Gasteiger partial charge in [0.1, 0.15) is 0 Å². The third-order valence-electron chi connectivity index (χ3n) is 2.57. The summed E-state index contributed by atoms with van der Waals surface area (Å²) in [5.41, 5.74) is 0.868. The van der Waals surface area contributed by atoms with E-state index in [1.807, 2.05) is 6.07 Å². The number of aromatic nitrogens is 1. The van der Waals surface area contributed by atoms with Gasteiger partial charge in [-0.1, -0.05) is 6.07 Å². The first-order valence-electron chi connectivity index (χ1n) is 4.56. The van der Waals surface area contributed by atoms with E-state index in [-0.39, 0.29) is 19.0 Å². The van der Waals surface area contributed by atoms with Gasteiger partial charge in [-0.2, -0.15) is 0 Å². The molecule has 1 saturated heterocycles. The van der Waals surface area contributed by atoms with Crippen LogP contribution in [0.3, 0.4) is 0 Å². The van der Waals surface area contributed by atoms with E-state index in [0.717, 1.165) is 5.56 Å². The standard InChI is InChI=1S/C10H12F2N2/c1-14-7-10(11,12)5-9(14)8-3-2-4-13-6-8/h2-4,6,9H,5,7H2,1H3/t9-/m0/s1. The van der Waals surface area contributed by atoms with E-state index in [9.17, 15) is 8.78 Å². The Labute approximate surface area is 81.6 Å². The summed E-state index contributed by atoms with van der Waals surface area (Å²) in [5, 5.41) is 0. The summed E-state index contributed by atoms with van der Waals surface area (Å²) >= 11 is 0. The predicted octanol–water partition coefficient (Wildman–Crippen LogP) is 2.09. The van der Waals surface area contributed by atoms with Gasteiger partial charge >= 0.3 is 0 Å². The SMILES string of the molecule is CN1CC(F)(F)C[C@H]1c1cccnc1. The third-order valence-corrected chi connectivity index (χ3v) is 2.57. The van der Waals surface area contributed by atoms with Crippen molar-refractivity contribution in [1.82, 2.24) is 9.88 Å². The molecule has 0 unspecified atom stereocenters. The van der Waals surface area contributed by atoms with Gasteiger partial charge in [0.25, 0.3) is 5.92 Å². The Morgan fingerprint density at radius 1 is 1.57 bits per heavy atom. The zero-order valence-corrected chi connectivity index (χ0v) is 7.95. The van der Waals surface area contributed by atoms with Gasteiger partial charge in [-0.15, -0.1) is 0 Å². The summed E-state index contributed by atoms with van der Waals surface area (Å²) in [7, 11) is 1.72. The van der Waals surface area contributed by atoms with Gasteiger partial charge < -0.3 is 0 Å². The Kier molecular flexibility index (Phi) is 2.23. The molecule has 1 atom stereocenters. The van der Waals surface area contributed by atoms with Crippen molar-refractivity contribution in [1.29, 1.82) is 0 Å². The van der Waals surface area contributed by atoms with Crippen LogP contribution in [0.1, 0.15) is 18.0 Å². The molecule has 0 spiro atoms. The highest BCUT2D eigenvalue weighted by Crippen LogP contribution is 2.39. The molecule has 2 heterocycles. The fraction of sp³-hybridized carbons (Fsp3) is 0.500. The minimum atomic E-state index is -2.56. The van der Waals surface area contributed by atoms with E-state index < -0.39 is 5.92 Å². The van der Waals surface area contributed by atoms with Gasteiger partial charge in [-0.25, -0.2) is 8.78 Å². The van der Waals surface area contributed by atoms with Crippen LogP contribution in [-0.2, 0) is 0 Å². The molecule has 1 aliphatic rings. The molecular weight excluding hydrogens is 186 g/mol. The second-order valence-corrected chi connectivity index (χ2v) is 3.78. The number of hydrogen-bond acceptors (Lipinski definition) is 2. The van der Waals surface area contributed by atoms with Crippen LogP contribution in [0.15, 0.2) is 24.5 Å². The number of alkyl halides is 2. The first-order chi connectivity index (χ1) is 6.58. The molecule has 0 aromatic carbocycles. The topological polar surface area (TPSA) is 16.1 Å². The highest BCUT2D eigenvalue weighted by molar-refractivity contribution is 5.16. The lowest BCUT2D eigenvalue weighted by atomic mass is 10.1. The van der Waals surface area contributed by atoms with Crippen LogP contribution in [0.25, 0.3) is 0 Å². The third kappa shape index (κ3) is 1.75. The maximum Gasteiger partial charge on any atom is 0.262 e. The first kappa shape index (κ1) is 9.52. The molecule has 1 aromatic rings. The van der Waals surface area contributed by atoms with E-state index in [0.29, 0.717) is 0 Å². The van der Waals surface area contributed by atoms with Crippen molar-refractivity contribution < 1.29 is 8.78 Å². The average Bonchev–Trinajstić information content (AvgIpc) is 2.41. The van der Waals surface area contributed by atoms with Crippen LogP contribution >= 0.6 is 0 Å². The van der Waals surface area contributed by atoms with Gasteiger partial charge in [0.15, 0.2) is 0 Å². The molecule has 1 aromatic heterocycles. The second kappa shape index (κ2) is 3.28. The summed E-state index contributed by atoms with van der Waals surface area (Å²) in [6.07, 6.45) is 3.20. The molecule has 14 heavy (non-hydrogen) atoms. The number of likely N-dealkylation sites (tertiary alicyclic amines) is 1. The van der Waals surface area contributed by atoms with E-state index in [1.54, 1.807) is 30.4 Å². The number of hydrogen-bond donors (Lipinski definition) is 0. The van der Waals surface area contributed by atoms with Gasteiger partial charge in [0, 0.05) is 24.9 Å². The minimum Gasteiger partial charge on any atom is -0.293 e. The lowest BCUT2D eigenvalue weighted by Crippen LogP contribution is -2.22. The monoisotopic (exact) mass is 198 g/mol. The van der Waals surface area contributed by atoms with Crippen molar-refractivity contribution in [2.24, 2.45) is 0 Å². The largest absolute Gasteiger partial charge is 0.293 e. The minimum absolute atomic E-state index is 0.102. The van der Waals surface area contributed by atoms with Gasteiger partial charge in [-0.05, 0) is 18.7 Å². The van der Waals surface area contributed by atoms with Crippen molar-refractivity contribution in [2.45, 2.75) is 18.4 Å². The Balaban J connectivity index is 2.21. The molecule has 0 N–H and O–H groups in total. The maximum atomic E-state index is 13.1. The van der Waals surface area contributed by atoms with Crippen LogP contribution < -0.4 is 0 Å². The molecule has 2 rings (SSSR count). The van der Waals surface area contributed by atoms with Crippen molar-refractivity contribution in [3.05, 3.63) is 30.1 Å². The van der Waals surface area contributed by atoms with E-state index in [2.05, 4.69) is 4.98 Å². The smallest absolute Gasteiger partial charge is 0.262 e. The molecule has 1 fully saturated rings. The van der Waals surface area contributed by atoms with Crippen molar-refractivity contribution in [3.8, 4) is 0 Å². The van der Waals surface area contributed by atoms with Crippen molar-refractivity contribution >= 4 is 0 Å². The molecule has 2 nitrogen and oxygen atoms in total. The second-order valence-electron chi connectivity index (χ2n) is 3.78. The summed E-state index contributed by atoms with van der Waals surface area (Å²) in [5.74, 6) is -2.56. The number of pyridine rings is 1.